The zero-order valence-electron chi connectivity index (χ0n) is 10.1. The maximum absolute atomic E-state index is 13.1. The van der Waals surface area contributed by atoms with Crippen molar-refractivity contribution in [2.45, 2.75) is 25.7 Å². The standard InChI is InChI=1S/C13H15FN2O2/c1-2-5-15-13(18)10-7-12(17)16-11-6-8(14)3-4-9(10)11/h3-4,6,10H,2,5,7H2,1H3,(H,15,18)(H,16,17). The van der Waals surface area contributed by atoms with Crippen LogP contribution < -0.4 is 10.6 Å². The van der Waals surface area contributed by atoms with Gasteiger partial charge in [0, 0.05) is 18.7 Å². The molecule has 5 heteroatoms. The summed E-state index contributed by atoms with van der Waals surface area (Å²) in [4.78, 5) is 23.5. The van der Waals surface area contributed by atoms with E-state index in [0.717, 1.165) is 6.42 Å². The molecule has 0 aromatic heterocycles. The number of fused-ring (bicyclic) bond motifs is 1. The SMILES string of the molecule is CCCNC(=O)C1CC(=O)Nc2cc(F)ccc21. The zero-order valence-corrected chi connectivity index (χ0v) is 10.1. The summed E-state index contributed by atoms with van der Waals surface area (Å²) in [7, 11) is 0. The minimum Gasteiger partial charge on any atom is -0.356 e. The minimum absolute atomic E-state index is 0.105. The Balaban J connectivity index is 2.28. The summed E-state index contributed by atoms with van der Waals surface area (Å²) in [5.41, 5.74) is 1.06. The molecule has 0 bridgehead atoms. The van der Waals surface area contributed by atoms with E-state index in [9.17, 15) is 14.0 Å². The Morgan fingerprint density at radius 3 is 3.06 bits per heavy atom. The molecule has 96 valence electrons. The van der Waals surface area contributed by atoms with Gasteiger partial charge in [0.1, 0.15) is 5.82 Å². The van der Waals surface area contributed by atoms with Crippen LogP contribution in [0.5, 0.6) is 0 Å². The van der Waals surface area contributed by atoms with Crippen LogP contribution in [0, 0.1) is 5.82 Å². The second-order valence-electron chi connectivity index (χ2n) is 4.33. The molecule has 0 spiro atoms. The van der Waals surface area contributed by atoms with Gasteiger partial charge in [-0.3, -0.25) is 9.59 Å². The molecule has 1 aliphatic rings. The first kappa shape index (κ1) is 12.5. The van der Waals surface area contributed by atoms with Crippen molar-refractivity contribution in [2.24, 2.45) is 0 Å². The van der Waals surface area contributed by atoms with Crippen molar-refractivity contribution < 1.29 is 14.0 Å². The third-order valence-electron chi connectivity index (χ3n) is 2.92. The number of hydrogen-bond donors (Lipinski definition) is 2. The van der Waals surface area contributed by atoms with Gasteiger partial charge in [-0.1, -0.05) is 13.0 Å². The number of halogens is 1. The van der Waals surface area contributed by atoms with E-state index >= 15 is 0 Å². The number of hydrogen-bond acceptors (Lipinski definition) is 2. The van der Waals surface area contributed by atoms with Crippen molar-refractivity contribution in [1.82, 2.24) is 5.32 Å². The second kappa shape index (κ2) is 5.16. The van der Waals surface area contributed by atoms with Gasteiger partial charge in [-0.25, -0.2) is 4.39 Å². The first-order valence-corrected chi connectivity index (χ1v) is 5.99. The van der Waals surface area contributed by atoms with E-state index < -0.39 is 11.7 Å². The largest absolute Gasteiger partial charge is 0.356 e. The molecule has 1 aromatic rings. The van der Waals surface area contributed by atoms with Gasteiger partial charge < -0.3 is 10.6 Å². The summed E-state index contributed by atoms with van der Waals surface area (Å²) < 4.78 is 13.1. The lowest BCUT2D eigenvalue weighted by Crippen LogP contribution is -2.35. The van der Waals surface area contributed by atoms with Gasteiger partial charge in [-0.05, 0) is 24.1 Å². The summed E-state index contributed by atoms with van der Waals surface area (Å²) in [5.74, 6) is -1.39. The molecule has 4 nitrogen and oxygen atoms in total. The quantitative estimate of drug-likeness (QED) is 0.859. The van der Waals surface area contributed by atoms with Crippen LogP contribution in [-0.2, 0) is 9.59 Å². The van der Waals surface area contributed by atoms with E-state index in [-0.39, 0.29) is 18.2 Å². The Morgan fingerprint density at radius 2 is 2.33 bits per heavy atom. The van der Waals surface area contributed by atoms with Crippen molar-refractivity contribution in [3.63, 3.8) is 0 Å². The molecule has 0 aliphatic carbocycles. The van der Waals surface area contributed by atoms with E-state index in [2.05, 4.69) is 10.6 Å². The molecular formula is C13H15FN2O2. The lowest BCUT2D eigenvalue weighted by atomic mass is 9.89. The van der Waals surface area contributed by atoms with Gasteiger partial charge in [-0.15, -0.1) is 0 Å². The Kier molecular flexibility index (Phi) is 3.60. The number of rotatable bonds is 3. The first-order chi connectivity index (χ1) is 8.61. The summed E-state index contributed by atoms with van der Waals surface area (Å²) in [6, 6.07) is 4.10. The van der Waals surface area contributed by atoms with Crippen LogP contribution in [0.15, 0.2) is 18.2 Å². The number of carbonyl (C=O) groups is 2. The van der Waals surface area contributed by atoms with E-state index in [0.29, 0.717) is 17.8 Å². The molecular weight excluding hydrogens is 235 g/mol. The lowest BCUT2D eigenvalue weighted by Gasteiger charge is -2.24. The molecule has 0 saturated carbocycles. The van der Waals surface area contributed by atoms with Crippen molar-refractivity contribution in [3.8, 4) is 0 Å². The number of anilines is 1. The van der Waals surface area contributed by atoms with Crippen LogP contribution in [0.4, 0.5) is 10.1 Å². The highest BCUT2D eigenvalue weighted by atomic mass is 19.1. The van der Waals surface area contributed by atoms with Crippen molar-refractivity contribution in [1.29, 1.82) is 0 Å². The maximum Gasteiger partial charge on any atom is 0.228 e. The third-order valence-corrected chi connectivity index (χ3v) is 2.92. The van der Waals surface area contributed by atoms with Crippen LogP contribution >= 0.6 is 0 Å². The van der Waals surface area contributed by atoms with Gasteiger partial charge in [0.05, 0.1) is 5.92 Å². The van der Waals surface area contributed by atoms with E-state index in [4.69, 9.17) is 0 Å². The van der Waals surface area contributed by atoms with Crippen LogP contribution in [0.1, 0.15) is 31.2 Å². The molecule has 1 aliphatic heterocycles. The van der Waals surface area contributed by atoms with Crippen molar-refractivity contribution in [2.75, 3.05) is 11.9 Å². The first-order valence-electron chi connectivity index (χ1n) is 5.99. The average Bonchev–Trinajstić information content (AvgIpc) is 2.34. The van der Waals surface area contributed by atoms with Gasteiger partial charge >= 0.3 is 0 Å². The van der Waals surface area contributed by atoms with Gasteiger partial charge in [-0.2, -0.15) is 0 Å². The fraction of sp³-hybridized carbons (Fsp3) is 0.385. The van der Waals surface area contributed by atoms with Gasteiger partial charge in [0.25, 0.3) is 0 Å². The molecule has 1 aromatic carbocycles. The smallest absolute Gasteiger partial charge is 0.228 e. The Hall–Kier alpha value is -1.91. The summed E-state index contributed by atoms with van der Waals surface area (Å²) in [6.07, 6.45) is 0.940. The van der Waals surface area contributed by atoms with Crippen LogP contribution in [0.25, 0.3) is 0 Å². The predicted octanol–water partition coefficient (Wildman–Crippen LogP) is 1.78. The highest BCUT2D eigenvalue weighted by molar-refractivity contribution is 6.01. The number of carbonyl (C=O) groups excluding carboxylic acids is 2. The van der Waals surface area contributed by atoms with Crippen molar-refractivity contribution >= 4 is 17.5 Å². The molecule has 2 amide bonds. The van der Waals surface area contributed by atoms with E-state index in [1.165, 1.54) is 12.1 Å². The Bertz CT molecular complexity index is 488. The van der Waals surface area contributed by atoms with E-state index in [1.54, 1.807) is 6.07 Å². The predicted molar refractivity (Wildman–Crippen MR) is 65.7 cm³/mol. The second-order valence-corrected chi connectivity index (χ2v) is 4.33. The number of amides is 2. The van der Waals surface area contributed by atoms with Crippen LogP contribution in [0.3, 0.4) is 0 Å². The highest BCUT2D eigenvalue weighted by Gasteiger charge is 2.30. The monoisotopic (exact) mass is 250 g/mol. The fourth-order valence-corrected chi connectivity index (χ4v) is 2.04. The molecule has 2 rings (SSSR count). The summed E-state index contributed by atoms with van der Waals surface area (Å²) >= 11 is 0. The highest BCUT2D eigenvalue weighted by Crippen LogP contribution is 2.32. The number of benzene rings is 1. The molecule has 1 heterocycles. The van der Waals surface area contributed by atoms with Crippen molar-refractivity contribution in [3.05, 3.63) is 29.6 Å². The molecule has 1 unspecified atom stereocenters. The molecule has 18 heavy (non-hydrogen) atoms. The molecule has 0 fully saturated rings. The average molecular weight is 250 g/mol. The third kappa shape index (κ3) is 2.50. The number of nitrogens with one attached hydrogen (secondary N) is 2. The van der Waals surface area contributed by atoms with Gasteiger partial charge in [0.2, 0.25) is 11.8 Å². The van der Waals surface area contributed by atoms with Crippen LogP contribution in [0.2, 0.25) is 0 Å². The Morgan fingerprint density at radius 1 is 1.56 bits per heavy atom. The Labute approximate surface area is 105 Å². The topological polar surface area (TPSA) is 58.2 Å². The summed E-state index contributed by atoms with van der Waals surface area (Å²) in [6.45, 7) is 2.53. The molecule has 0 saturated heterocycles. The minimum atomic E-state index is -0.527. The summed E-state index contributed by atoms with van der Waals surface area (Å²) in [5, 5.41) is 5.35. The lowest BCUT2D eigenvalue weighted by molar-refractivity contribution is -0.126. The van der Waals surface area contributed by atoms with E-state index in [1.807, 2.05) is 6.92 Å². The zero-order chi connectivity index (χ0) is 13.1. The molecule has 2 N–H and O–H groups in total. The normalized spacial score (nSPS) is 17.9. The fourth-order valence-electron chi connectivity index (χ4n) is 2.04. The molecule has 0 radical (unpaired) electrons. The van der Waals surface area contributed by atoms with Crippen LogP contribution in [-0.4, -0.2) is 18.4 Å². The van der Waals surface area contributed by atoms with Gasteiger partial charge in [0.15, 0.2) is 0 Å². The molecule has 1 atom stereocenters. The maximum atomic E-state index is 13.1.